The van der Waals surface area contributed by atoms with Gasteiger partial charge in [-0.3, -0.25) is 0 Å². The third kappa shape index (κ3) is 12.2. The van der Waals surface area contributed by atoms with Crippen molar-refractivity contribution in [2.75, 3.05) is 25.6 Å². The van der Waals surface area contributed by atoms with Crippen molar-refractivity contribution in [3.05, 3.63) is 0 Å². The molecule has 0 aromatic rings. The van der Waals surface area contributed by atoms with E-state index in [0.29, 0.717) is 19.8 Å². The lowest BCUT2D eigenvalue weighted by molar-refractivity contribution is -0.0377. The molecule has 4 nitrogen and oxygen atoms in total. The Morgan fingerprint density at radius 3 is 2.25 bits per heavy atom. The summed E-state index contributed by atoms with van der Waals surface area (Å²) in [6.45, 7) is 9.03. The van der Waals surface area contributed by atoms with Gasteiger partial charge in [-0.2, -0.15) is 0 Å². The highest BCUT2D eigenvalue weighted by Crippen LogP contribution is 2.07. The molecule has 0 heterocycles. The summed E-state index contributed by atoms with van der Waals surface area (Å²) in [7, 11) is 1.69. The van der Waals surface area contributed by atoms with Crippen molar-refractivity contribution in [2.45, 2.75) is 33.3 Å². The lowest BCUT2D eigenvalue weighted by atomic mass is 10.2. The molecule has 0 saturated carbocycles. The fourth-order valence-electron chi connectivity index (χ4n) is 1.08. The van der Waals surface area contributed by atoms with Gasteiger partial charge in [0.2, 0.25) is 9.05 Å². The molecule has 0 radical (unpaired) electrons. The molecule has 0 bridgehead atoms. The minimum Gasteiger partial charge on any atom is -0.379 e. The van der Waals surface area contributed by atoms with Crippen molar-refractivity contribution in [3.8, 4) is 0 Å². The van der Waals surface area contributed by atoms with Gasteiger partial charge in [0, 0.05) is 10.7 Å². The van der Waals surface area contributed by atoms with Gasteiger partial charge in [-0.15, -0.1) is 0 Å². The first kappa shape index (κ1) is 16.2. The quantitative estimate of drug-likeness (QED) is 0.526. The molecule has 0 spiro atoms. The minimum atomic E-state index is -3.43. The van der Waals surface area contributed by atoms with E-state index in [2.05, 4.69) is 0 Å². The summed E-state index contributed by atoms with van der Waals surface area (Å²) < 4.78 is 32.2. The van der Waals surface area contributed by atoms with Crippen molar-refractivity contribution in [3.63, 3.8) is 0 Å². The van der Waals surface area contributed by atoms with Gasteiger partial charge >= 0.3 is 0 Å². The second kappa shape index (κ2) is 6.79. The number of hydrogen-bond donors (Lipinski definition) is 0. The Bertz CT molecular complexity index is 282. The Balaban J connectivity index is 3.53. The second-order valence-electron chi connectivity index (χ2n) is 4.85. The summed E-state index contributed by atoms with van der Waals surface area (Å²) in [4.78, 5) is 0. The third-order valence-electron chi connectivity index (χ3n) is 1.65. The van der Waals surface area contributed by atoms with Crippen LogP contribution in [0.4, 0.5) is 0 Å². The van der Waals surface area contributed by atoms with Gasteiger partial charge < -0.3 is 9.47 Å². The Morgan fingerprint density at radius 2 is 1.81 bits per heavy atom. The van der Waals surface area contributed by atoms with Gasteiger partial charge in [0.05, 0.1) is 31.2 Å². The molecular formula is C10H21ClO4S. The number of halogens is 1. The van der Waals surface area contributed by atoms with Crippen LogP contribution >= 0.6 is 10.7 Å². The fraction of sp³-hybridized carbons (Fsp3) is 1.00. The summed E-state index contributed by atoms with van der Waals surface area (Å²) >= 11 is 0. The molecular weight excluding hydrogens is 252 g/mol. The number of ether oxygens (including phenoxy) is 2. The lowest BCUT2D eigenvalue weighted by Gasteiger charge is -2.19. The molecule has 0 rings (SSSR count). The molecule has 1 atom stereocenters. The van der Waals surface area contributed by atoms with E-state index in [4.69, 9.17) is 20.2 Å². The first-order valence-corrected chi connectivity index (χ1v) is 7.72. The summed E-state index contributed by atoms with van der Waals surface area (Å²) in [6.07, 6.45) is 0. The fourth-order valence-corrected chi connectivity index (χ4v) is 2.50. The van der Waals surface area contributed by atoms with Crippen LogP contribution in [0, 0.1) is 5.92 Å². The number of hydrogen-bond acceptors (Lipinski definition) is 4. The maximum Gasteiger partial charge on any atom is 0.232 e. The van der Waals surface area contributed by atoms with E-state index in [9.17, 15) is 8.42 Å². The molecule has 6 heteroatoms. The van der Waals surface area contributed by atoms with E-state index in [0.717, 1.165) is 0 Å². The van der Waals surface area contributed by atoms with Gasteiger partial charge in [0.25, 0.3) is 0 Å². The van der Waals surface area contributed by atoms with Crippen molar-refractivity contribution in [1.29, 1.82) is 0 Å². The Hall–Kier alpha value is 0.160. The van der Waals surface area contributed by atoms with Gasteiger partial charge in [0.15, 0.2) is 0 Å². The van der Waals surface area contributed by atoms with E-state index in [1.165, 1.54) is 0 Å². The second-order valence-corrected chi connectivity index (χ2v) is 7.67. The van der Waals surface area contributed by atoms with E-state index >= 15 is 0 Å². The normalized spacial score (nSPS) is 15.1. The molecule has 0 aromatic carbocycles. The zero-order valence-corrected chi connectivity index (χ0v) is 11.9. The van der Waals surface area contributed by atoms with Gasteiger partial charge in [-0.1, -0.05) is 6.92 Å². The standard InChI is InChI=1S/C10H21ClO4S/c1-9(8-16(11,12)13)7-14-5-6-15-10(2,3)4/h9H,5-8H2,1-4H3. The van der Waals surface area contributed by atoms with Crippen molar-refractivity contribution in [2.24, 2.45) is 5.92 Å². The molecule has 16 heavy (non-hydrogen) atoms. The van der Waals surface area contributed by atoms with Crippen molar-refractivity contribution < 1.29 is 17.9 Å². The maximum atomic E-state index is 10.7. The van der Waals surface area contributed by atoms with Crippen LogP contribution in [0.3, 0.4) is 0 Å². The minimum absolute atomic E-state index is 0.0608. The maximum absolute atomic E-state index is 10.7. The van der Waals surface area contributed by atoms with Gasteiger partial charge in [-0.05, 0) is 26.7 Å². The molecule has 0 aliphatic rings. The molecule has 0 aromatic heterocycles. The van der Waals surface area contributed by atoms with Gasteiger partial charge in [0.1, 0.15) is 0 Å². The smallest absolute Gasteiger partial charge is 0.232 e. The third-order valence-corrected chi connectivity index (χ3v) is 2.99. The predicted octanol–water partition coefficient (Wildman–Crippen LogP) is 2.02. The summed E-state index contributed by atoms with van der Waals surface area (Å²) in [5.74, 6) is -0.161. The zero-order valence-electron chi connectivity index (χ0n) is 10.3. The highest BCUT2D eigenvalue weighted by atomic mass is 35.7. The molecule has 0 aliphatic heterocycles. The molecule has 98 valence electrons. The lowest BCUT2D eigenvalue weighted by Crippen LogP contribution is -2.23. The van der Waals surface area contributed by atoms with Crippen LogP contribution in [0.2, 0.25) is 0 Å². The first-order chi connectivity index (χ1) is 7.10. The van der Waals surface area contributed by atoms with E-state index in [1.54, 1.807) is 6.92 Å². The average Bonchev–Trinajstić information content (AvgIpc) is 1.97. The van der Waals surface area contributed by atoms with Crippen LogP contribution in [-0.2, 0) is 18.5 Å². The van der Waals surface area contributed by atoms with Crippen molar-refractivity contribution in [1.82, 2.24) is 0 Å². The van der Waals surface area contributed by atoms with Crippen LogP contribution in [0.1, 0.15) is 27.7 Å². The first-order valence-electron chi connectivity index (χ1n) is 5.24. The van der Waals surface area contributed by atoms with Crippen LogP contribution in [-0.4, -0.2) is 39.6 Å². The topological polar surface area (TPSA) is 52.6 Å². The van der Waals surface area contributed by atoms with Crippen LogP contribution in [0.15, 0.2) is 0 Å². The molecule has 0 fully saturated rings. The molecule has 1 unspecified atom stereocenters. The zero-order chi connectivity index (χ0) is 12.8. The highest BCUT2D eigenvalue weighted by molar-refractivity contribution is 8.13. The van der Waals surface area contributed by atoms with Crippen LogP contribution in [0.5, 0.6) is 0 Å². The SMILES string of the molecule is CC(COCCOC(C)(C)C)CS(=O)(=O)Cl. The van der Waals surface area contributed by atoms with Crippen LogP contribution in [0.25, 0.3) is 0 Å². The average molecular weight is 273 g/mol. The Labute approximate surface area is 103 Å². The van der Waals surface area contributed by atoms with E-state index < -0.39 is 9.05 Å². The van der Waals surface area contributed by atoms with Gasteiger partial charge in [-0.25, -0.2) is 8.42 Å². The Kier molecular flexibility index (Phi) is 6.86. The largest absolute Gasteiger partial charge is 0.379 e. The summed E-state index contributed by atoms with van der Waals surface area (Å²) in [6, 6.07) is 0. The monoisotopic (exact) mass is 272 g/mol. The van der Waals surface area contributed by atoms with E-state index in [-0.39, 0.29) is 17.3 Å². The Morgan fingerprint density at radius 1 is 1.25 bits per heavy atom. The highest BCUT2D eigenvalue weighted by Gasteiger charge is 2.13. The molecule has 0 aliphatic carbocycles. The number of rotatable bonds is 7. The van der Waals surface area contributed by atoms with Crippen molar-refractivity contribution >= 4 is 19.7 Å². The molecule has 0 saturated heterocycles. The molecule has 0 amide bonds. The predicted molar refractivity (Wildman–Crippen MR) is 65.3 cm³/mol. The summed E-state index contributed by atoms with van der Waals surface area (Å²) in [5.41, 5.74) is -0.172. The van der Waals surface area contributed by atoms with Crippen LogP contribution < -0.4 is 0 Å². The summed E-state index contributed by atoms with van der Waals surface area (Å²) in [5, 5.41) is 0. The molecule has 0 N–H and O–H groups in total. The van der Waals surface area contributed by atoms with E-state index in [1.807, 2.05) is 20.8 Å².